The summed E-state index contributed by atoms with van der Waals surface area (Å²) in [6, 6.07) is 10.0. The monoisotopic (exact) mass is 328 g/mol. The third-order valence-corrected chi connectivity index (χ3v) is 4.08. The normalized spacial score (nSPS) is 16.8. The Kier molecular flexibility index (Phi) is 5.85. The predicted molar refractivity (Wildman–Crippen MR) is 94.7 cm³/mol. The van der Waals surface area contributed by atoms with Crippen LogP contribution in [0.3, 0.4) is 0 Å². The fraction of sp³-hybridized carbons (Fsp3) is 0.444. The molecule has 1 aliphatic heterocycles. The topological polar surface area (TPSA) is 68.3 Å². The summed E-state index contributed by atoms with van der Waals surface area (Å²) in [5, 5.41) is 6.65. The Morgan fingerprint density at radius 3 is 2.67 bits per heavy atom. The first-order chi connectivity index (χ1) is 11.8. The molecular formula is C18H24N4O2. The Morgan fingerprint density at radius 1 is 1.17 bits per heavy atom. The summed E-state index contributed by atoms with van der Waals surface area (Å²) in [6.07, 6.45) is 5.06. The maximum atomic E-state index is 5.60. The van der Waals surface area contributed by atoms with Gasteiger partial charge in [-0.15, -0.1) is 0 Å². The van der Waals surface area contributed by atoms with Crippen LogP contribution in [0.1, 0.15) is 18.4 Å². The molecule has 6 heteroatoms. The number of anilines is 2. The number of hydrogen-bond acceptors (Lipinski definition) is 6. The number of rotatable bonds is 8. The fourth-order valence-electron chi connectivity index (χ4n) is 2.70. The van der Waals surface area contributed by atoms with Crippen molar-refractivity contribution in [2.45, 2.75) is 25.4 Å². The van der Waals surface area contributed by atoms with Crippen molar-refractivity contribution in [1.29, 1.82) is 0 Å². The Balaban J connectivity index is 1.45. The number of nitrogens with one attached hydrogen (secondary N) is 2. The predicted octanol–water partition coefficient (Wildman–Crippen LogP) is 2.73. The third-order valence-electron chi connectivity index (χ3n) is 4.08. The zero-order valence-corrected chi connectivity index (χ0v) is 14.0. The van der Waals surface area contributed by atoms with Crippen molar-refractivity contribution >= 4 is 11.6 Å². The van der Waals surface area contributed by atoms with Crippen LogP contribution < -0.4 is 15.4 Å². The molecule has 128 valence electrons. The molecule has 3 rings (SSSR count). The second kappa shape index (κ2) is 8.49. The molecule has 2 N–H and O–H groups in total. The van der Waals surface area contributed by atoms with Gasteiger partial charge in [0.2, 0.25) is 0 Å². The molecule has 2 heterocycles. The van der Waals surface area contributed by atoms with Gasteiger partial charge in [0.25, 0.3) is 0 Å². The number of nitrogens with zero attached hydrogens (tertiary/aromatic N) is 2. The summed E-state index contributed by atoms with van der Waals surface area (Å²) in [4.78, 5) is 8.52. The minimum absolute atomic E-state index is 0.298. The lowest BCUT2D eigenvalue weighted by Crippen LogP contribution is -2.19. The largest absolute Gasteiger partial charge is 0.497 e. The summed E-state index contributed by atoms with van der Waals surface area (Å²) in [6.45, 7) is 2.48. The lowest BCUT2D eigenvalue weighted by atomic mass is 10.1. The lowest BCUT2D eigenvalue weighted by molar-refractivity contribution is 0.120. The van der Waals surface area contributed by atoms with Crippen LogP contribution in [0.2, 0.25) is 0 Å². The molecule has 1 fully saturated rings. The minimum atomic E-state index is 0.298. The molecular weight excluding hydrogens is 304 g/mol. The van der Waals surface area contributed by atoms with Gasteiger partial charge in [-0.1, -0.05) is 12.1 Å². The Bertz CT molecular complexity index is 627. The summed E-state index contributed by atoms with van der Waals surface area (Å²) < 4.78 is 10.8. The molecule has 1 aliphatic rings. The molecule has 0 radical (unpaired) electrons. The molecule has 0 spiro atoms. The van der Waals surface area contributed by atoms with Crippen LogP contribution >= 0.6 is 0 Å². The number of ether oxygens (including phenoxy) is 2. The maximum Gasteiger partial charge on any atom is 0.131 e. The van der Waals surface area contributed by atoms with Crippen LogP contribution in [0.15, 0.2) is 36.7 Å². The van der Waals surface area contributed by atoms with Gasteiger partial charge in [-0.2, -0.15) is 0 Å². The summed E-state index contributed by atoms with van der Waals surface area (Å²) in [7, 11) is 1.68. The Labute approximate surface area is 142 Å². The lowest BCUT2D eigenvalue weighted by Gasteiger charge is -2.12. The average Bonchev–Trinajstić information content (AvgIpc) is 3.15. The Morgan fingerprint density at radius 2 is 1.96 bits per heavy atom. The van der Waals surface area contributed by atoms with Crippen LogP contribution in [-0.4, -0.2) is 42.9 Å². The van der Waals surface area contributed by atoms with Gasteiger partial charge >= 0.3 is 0 Å². The van der Waals surface area contributed by atoms with Gasteiger partial charge in [0.1, 0.15) is 23.7 Å². The van der Waals surface area contributed by atoms with E-state index in [9.17, 15) is 0 Å². The van der Waals surface area contributed by atoms with E-state index in [0.29, 0.717) is 6.10 Å². The van der Waals surface area contributed by atoms with Gasteiger partial charge in [0, 0.05) is 25.8 Å². The van der Waals surface area contributed by atoms with E-state index in [4.69, 9.17) is 9.47 Å². The van der Waals surface area contributed by atoms with Gasteiger partial charge in [0.15, 0.2) is 0 Å². The minimum Gasteiger partial charge on any atom is -0.497 e. The van der Waals surface area contributed by atoms with Crippen molar-refractivity contribution < 1.29 is 9.47 Å². The molecule has 1 unspecified atom stereocenters. The van der Waals surface area contributed by atoms with Crippen molar-refractivity contribution in [3.8, 4) is 5.75 Å². The maximum absolute atomic E-state index is 5.60. The van der Waals surface area contributed by atoms with Crippen LogP contribution in [0.4, 0.5) is 11.6 Å². The van der Waals surface area contributed by atoms with E-state index in [1.807, 2.05) is 18.2 Å². The van der Waals surface area contributed by atoms with E-state index in [2.05, 4.69) is 32.7 Å². The van der Waals surface area contributed by atoms with Crippen molar-refractivity contribution in [3.63, 3.8) is 0 Å². The second-order valence-corrected chi connectivity index (χ2v) is 5.83. The quantitative estimate of drug-likeness (QED) is 0.776. The molecule has 0 amide bonds. The van der Waals surface area contributed by atoms with Crippen molar-refractivity contribution in [3.05, 3.63) is 42.2 Å². The molecule has 1 saturated heterocycles. The van der Waals surface area contributed by atoms with Crippen molar-refractivity contribution in [2.24, 2.45) is 0 Å². The first-order valence-corrected chi connectivity index (χ1v) is 8.38. The molecule has 0 saturated carbocycles. The molecule has 1 aromatic carbocycles. The highest BCUT2D eigenvalue weighted by Crippen LogP contribution is 2.15. The number of aromatic nitrogens is 2. The average molecular weight is 328 g/mol. The highest BCUT2D eigenvalue weighted by Gasteiger charge is 2.15. The first-order valence-electron chi connectivity index (χ1n) is 8.38. The van der Waals surface area contributed by atoms with Gasteiger partial charge in [-0.05, 0) is 37.0 Å². The third kappa shape index (κ3) is 4.83. The number of benzene rings is 1. The van der Waals surface area contributed by atoms with Gasteiger partial charge in [-0.25, -0.2) is 9.97 Å². The highest BCUT2D eigenvalue weighted by atomic mass is 16.5. The van der Waals surface area contributed by atoms with Crippen LogP contribution in [0.5, 0.6) is 5.75 Å². The zero-order chi connectivity index (χ0) is 16.6. The molecule has 0 bridgehead atoms. The summed E-state index contributed by atoms with van der Waals surface area (Å²) >= 11 is 0. The zero-order valence-electron chi connectivity index (χ0n) is 14.0. The van der Waals surface area contributed by atoms with Crippen molar-refractivity contribution in [2.75, 3.05) is 37.4 Å². The van der Waals surface area contributed by atoms with Crippen LogP contribution in [0.25, 0.3) is 0 Å². The highest BCUT2D eigenvalue weighted by molar-refractivity contribution is 5.46. The van der Waals surface area contributed by atoms with Gasteiger partial charge < -0.3 is 20.1 Å². The van der Waals surface area contributed by atoms with E-state index in [-0.39, 0.29) is 0 Å². The summed E-state index contributed by atoms with van der Waals surface area (Å²) in [5.41, 5.74) is 1.26. The van der Waals surface area contributed by atoms with Gasteiger partial charge in [-0.3, -0.25) is 0 Å². The molecule has 6 nitrogen and oxygen atoms in total. The number of methoxy groups -OCH3 is 1. The first kappa shape index (κ1) is 16.5. The smallest absolute Gasteiger partial charge is 0.131 e. The van der Waals surface area contributed by atoms with E-state index in [1.54, 1.807) is 13.4 Å². The molecule has 1 aromatic heterocycles. The molecule has 24 heavy (non-hydrogen) atoms. The standard InChI is InChI=1S/C18H24N4O2/c1-23-15-6-4-14(5-7-15)8-9-19-17-11-18(22-13-21-17)20-12-16-3-2-10-24-16/h4-7,11,13,16H,2-3,8-10,12H2,1H3,(H2,19,20,21,22). The number of hydrogen-bond donors (Lipinski definition) is 2. The molecule has 2 aromatic rings. The Hall–Kier alpha value is -2.34. The van der Waals surface area contributed by atoms with Crippen molar-refractivity contribution in [1.82, 2.24) is 9.97 Å². The second-order valence-electron chi connectivity index (χ2n) is 5.83. The molecule has 0 aliphatic carbocycles. The SMILES string of the molecule is COc1ccc(CCNc2cc(NCC3CCCO3)ncn2)cc1. The molecule has 1 atom stereocenters. The van der Waals surface area contributed by atoms with E-state index < -0.39 is 0 Å². The van der Waals surface area contributed by atoms with E-state index in [1.165, 1.54) is 5.56 Å². The van der Waals surface area contributed by atoms with Crippen LogP contribution in [-0.2, 0) is 11.2 Å². The fourth-order valence-corrected chi connectivity index (χ4v) is 2.70. The van der Waals surface area contributed by atoms with Gasteiger partial charge in [0.05, 0.1) is 13.2 Å². The van der Waals surface area contributed by atoms with E-state index in [0.717, 1.165) is 56.3 Å². The van der Waals surface area contributed by atoms with E-state index >= 15 is 0 Å². The van der Waals surface area contributed by atoms with Crippen LogP contribution in [0, 0.1) is 0 Å². The summed E-state index contributed by atoms with van der Waals surface area (Å²) in [5.74, 6) is 2.53.